The minimum Gasteiger partial charge on any atom is -0.494 e. The van der Waals surface area contributed by atoms with Crippen LogP contribution in [0.3, 0.4) is 0 Å². The van der Waals surface area contributed by atoms with Gasteiger partial charge >= 0.3 is 0 Å². The average Bonchev–Trinajstić information content (AvgIpc) is 2.74. The Bertz CT molecular complexity index is 949. The number of hydrogen-bond acceptors (Lipinski definition) is 5. The van der Waals surface area contributed by atoms with Gasteiger partial charge in [-0.25, -0.2) is 13.1 Å². The Kier molecular flexibility index (Phi) is 8.19. The number of benzene rings is 2. The maximum atomic E-state index is 12.8. The van der Waals surface area contributed by atoms with Crippen molar-refractivity contribution in [2.45, 2.75) is 31.1 Å². The lowest BCUT2D eigenvalue weighted by atomic mass is 10.1. The fourth-order valence-electron chi connectivity index (χ4n) is 2.79. The number of amides is 1. The Labute approximate surface area is 172 Å². The lowest BCUT2D eigenvalue weighted by Gasteiger charge is -2.22. The van der Waals surface area contributed by atoms with Crippen LogP contribution in [-0.4, -0.2) is 34.5 Å². The summed E-state index contributed by atoms with van der Waals surface area (Å²) in [5, 5.41) is 8.92. The summed E-state index contributed by atoms with van der Waals surface area (Å²) in [5.74, 6) is 0.622. The zero-order chi connectivity index (χ0) is 21.3. The highest BCUT2D eigenvalue weighted by Crippen LogP contribution is 2.21. The monoisotopic (exact) mass is 415 g/mol. The number of hydrogen-bond donors (Lipinski definition) is 1. The number of anilines is 1. The zero-order valence-electron chi connectivity index (χ0n) is 16.6. The van der Waals surface area contributed by atoms with E-state index in [1.165, 1.54) is 19.2 Å². The highest BCUT2D eigenvalue weighted by molar-refractivity contribution is 7.89. The summed E-state index contributed by atoms with van der Waals surface area (Å²) >= 11 is 0. The molecule has 1 N–H and O–H groups in total. The maximum absolute atomic E-state index is 12.8. The third-order valence-corrected chi connectivity index (χ3v) is 5.77. The number of carbonyl (C=O) groups excluding carboxylic acids is 1. The van der Waals surface area contributed by atoms with Crippen LogP contribution in [0.15, 0.2) is 53.4 Å². The molecule has 0 heterocycles. The lowest BCUT2D eigenvalue weighted by Crippen LogP contribution is -2.32. The molecule has 1 amide bonds. The van der Waals surface area contributed by atoms with Crippen LogP contribution >= 0.6 is 0 Å². The molecule has 2 rings (SSSR count). The fraction of sp³-hybridized carbons (Fsp3) is 0.333. The molecule has 0 atom stereocenters. The van der Waals surface area contributed by atoms with Crippen molar-refractivity contribution < 1.29 is 17.9 Å². The minimum atomic E-state index is -3.48. The number of aryl methyl sites for hydroxylation is 1. The molecule has 0 unspecified atom stereocenters. The van der Waals surface area contributed by atoms with Crippen molar-refractivity contribution in [1.82, 2.24) is 4.72 Å². The third-order valence-electron chi connectivity index (χ3n) is 4.34. The summed E-state index contributed by atoms with van der Waals surface area (Å²) in [5.41, 5.74) is 1.57. The second-order valence-corrected chi connectivity index (χ2v) is 8.12. The van der Waals surface area contributed by atoms with Gasteiger partial charge in [-0.1, -0.05) is 12.1 Å². The summed E-state index contributed by atoms with van der Waals surface area (Å²) in [6.45, 7) is 2.77. The van der Waals surface area contributed by atoms with Crippen LogP contribution in [0.5, 0.6) is 5.75 Å². The molecule has 8 heteroatoms. The van der Waals surface area contributed by atoms with E-state index in [-0.39, 0.29) is 23.6 Å². The molecule has 0 aliphatic rings. The summed E-state index contributed by atoms with van der Waals surface area (Å²) in [6.07, 6.45) is 0.949. The summed E-state index contributed by atoms with van der Waals surface area (Å²) < 4.78 is 31.3. The van der Waals surface area contributed by atoms with Gasteiger partial charge in [0.2, 0.25) is 15.9 Å². The second kappa shape index (κ2) is 10.6. The van der Waals surface area contributed by atoms with Gasteiger partial charge in [0.05, 0.1) is 24.0 Å². The summed E-state index contributed by atoms with van der Waals surface area (Å²) in [4.78, 5) is 14.6. The van der Waals surface area contributed by atoms with Crippen LogP contribution in [0.1, 0.15) is 25.3 Å². The van der Waals surface area contributed by atoms with Gasteiger partial charge in [0, 0.05) is 18.7 Å². The molecular weight excluding hydrogens is 390 g/mol. The molecule has 0 spiro atoms. The molecule has 0 saturated heterocycles. The molecule has 0 fully saturated rings. The molecule has 0 radical (unpaired) electrons. The molecule has 0 aliphatic heterocycles. The highest BCUT2D eigenvalue weighted by atomic mass is 32.2. The highest BCUT2D eigenvalue weighted by Gasteiger charge is 2.16. The van der Waals surface area contributed by atoms with E-state index >= 15 is 0 Å². The van der Waals surface area contributed by atoms with E-state index in [0.29, 0.717) is 25.3 Å². The first-order valence-corrected chi connectivity index (χ1v) is 10.8. The molecular formula is C21H25N3O4S. The molecule has 2 aromatic carbocycles. The number of ether oxygens (including phenoxy) is 1. The number of carbonyl (C=O) groups is 1. The predicted octanol–water partition coefficient (Wildman–Crippen LogP) is 2.87. The first-order valence-electron chi connectivity index (χ1n) is 9.34. The second-order valence-electron chi connectivity index (χ2n) is 6.23. The van der Waals surface area contributed by atoms with Crippen molar-refractivity contribution >= 4 is 21.6 Å². The van der Waals surface area contributed by atoms with E-state index in [9.17, 15) is 13.2 Å². The minimum absolute atomic E-state index is 0.101. The SMILES string of the molecule is CCOc1ccc(N(CCC#N)C(=O)CCc2ccc(S(=O)(=O)NC)cc2)cc1. The Hall–Kier alpha value is -2.89. The Morgan fingerprint density at radius 1 is 1.14 bits per heavy atom. The van der Waals surface area contributed by atoms with E-state index in [1.54, 1.807) is 41.3 Å². The maximum Gasteiger partial charge on any atom is 0.240 e. The van der Waals surface area contributed by atoms with Crippen molar-refractivity contribution in [2.75, 3.05) is 25.1 Å². The molecule has 0 bridgehead atoms. The Balaban J connectivity index is 2.07. The van der Waals surface area contributed by atoms with Crippen molar-refractivity contribution in [3.8, 4) is 11.8 Å². The molecule has 0 aliphatic carbocycles. The number of nitrogens with one attached hydrogen (secondary N) is 1. The van der Waals surface area contributed by atoms with E-state index in [4.69, 9.17) is 10.00 Å². The van der Waals surface area contributed by atoms with E-state index < -0.39 is 10.0 Å². The third kappa shape index (κ3) is 6.31. The van der Waals surface area contributed by atoms with Gasteiger partial charge in [0.15, 0.2) is 0 Å². The van der Waals surface area contributed by atoms with Crippen LogP contribution in [0, 0.1) is 11.3 Å². The Morgan fingerprint density at radius 2 is 1.79 bits per heavy atom. The van der Waals surface area contributed by atoms with Gasteiger partial charge in [-0.05, 0) is 62.4 Å². The van der Waals surface area contributed by atoms with E-state index in [0.717, 1.165) is 11.3 Å². The normalized spacial score (nSPS) is 10.9. The Morgan fingerprint density at radius 3 is 2.34 bits per heavy atom. The van der Waals surface area contributed by atoms with Gasteiger partial charge in [-0.3, -0.25) is 4.79 Å². The van der Waals surface area contributed by atoms with Crippen molar-refractivity contribution in [2.24, 2.45) is 0 Å². The van der Waals surface area contributed by atoms with Gasteiger partial charge in [-0.2, -0.15) is 5.26 Å². The standard InChI is InChI=1S/C21H25N3O4S/c1-3-28-19-10-8-18(9-11-19)24(16-4-15-22)21(25)14-7-17-5-12-20(13-6-17)29(26,27)23-2/h5-6,8-13,23H,3-4,7,14,16H2,1-2H3. The number of rotatable bonds is 10. The lowest BCUT2D eigenvalue weighted by molar-refractivity contribution is -0.118. The molecule has 2 aromatic rings. The summed E-state index contributed by atoms with van der Waals surface area (Å²) in [6, 6.07) is 15.7. The predicted molar refractivity (Wildman–Crippen MR) is 111 cm³/mol. The van der Waals surface area contributed by atoms with Crippen LogP contribution in [-0.2, 0) is 21.2 Å². The van der Waals surface area contributed by atoms with Gasteiger partial charge in [0.25, 0.3) is 0 Å². The van der Waals surface area contributed by atoms with Gasteiger partial charge < -0.3 is 9.64 Å². The van der Waals surface area contributed by atoms with Crippen molar-refractivity contribution in [3.05, 3.63) is 54.1 Å². The first-order chi connectivity index (χ1) is 13.9. The van der Waals surface area contributed by atoms with Crippen molar-refractivity contribution in [3.63, 3.8) is 0 Å². The van der Waals surface area contributed by atoms with Crippen LogP contribution in [0.2, 0.25) is 0 Å². The largest absolute Gasteiger partial charge is 0.494 e. The number of nitriles is 1. The fourth-order valence-corrected chi connectivity index (χ4v) is 3.52. The van der Waals surface area contributed by atoms with E-state index in [1.807, 2.05) is 6.92 Å². The smallest absolute Gasteiger partial charge is 0.240 e. The van der Waals surface area contributed by atoms with Gasteiger partial charge in [-0.15, -0.1) is 0 Å². The van der Waals surface area contributed by atoms with Crippen LogP contribution in [0.25, 0.3) is 0 Å². The molecule has 154 valence electrons. The first kappa shape index (κ1) is 22.4. The molecule has 0 aromatic heterocycles. The quantitative estimate of drug-likeness (QED) is 0.643. The van der Waals surface area contributed by atoms with Gasteiger partial charge in [0.1, 0.15) is 5.75 Å². The topological polar surface area (TPSA) is 99.5 Å². The number of sulfonamides is 1. The molecule has 29 heavy (non-hydrogen) atoms. The van der Waals surface area contributed by atoms with Crippen LogP contribution < -0.4 is 14.4 Å². The molecule has 0 saturated carbocycles. The number of nitrogens with zero attached hydrogens (tertiary/aromatic N) is 2. The average molecular weight is 416 g/mol. The van der Waals surface area contributed by atoms with Crippen molar-refractivity contribution in [1.29, 1.82) is 5.26 Å². The zero-order valence-corrected chi connectivity index (χ0v) is 17.4. The van der Waals surface area contributed by atoms with E-state index in [2.05, 4.69) is 10.8 Å². The molecule has 7 nitrogen and oxygen atoms in total. The van der Waals surface area contributed by atoms with Crippen LogP contribution in [0.4, 0.5) is 5.69 Å². The summed E-state index contributed by atoms with van der Waals surface area (Å²) in [7, 11) is -2.12.